The lowest BCUT2D eigenvalue weighted by Crippen LogP contribution is -1.81. The van der Waals surface area contributed by atoms with Gasteiger partial charge in [-0.25, -0.2) is 0 Å². The van der Waals surface area contributed by atoms with Crippen molar-refractivity contribution < 1.29 is 9.21 Å². The molecule has 0 fully saturated rings. The summed E-state index contributed by atoms with van der Waals surface area (Å²) < 4.78 is 5.17. The van der Waals surface area contributed by atoms with Crippen molar-refractivity contribution in [2.75, 3.05) is 0 Å². The molecule has 1 aromatic rings. The van der Waals surface area contributed by atoms with E-state index in [1.54, 1.807) is 6.26 Å². The van der Waals surface area contributed by atoms with E-state index >= 15 is 0 Å². The summed E-state index contributed by atoms with van der Waals surface area (Å²) in [5.41, 5.74) is 0. The first-order valence-electron chi connectivity index (χ1n) is 4.38. The molecular formula is C11H12O2. The Bertz CT molecular complexity index is 288. The third-order valence-corrected chi connectivity index (χ3v) is 1.72. The molecule has 0 saturated carbocycles. The van der Waals surface area contributed by atoms with E-state index in [0.717, 1.165) is 31.4 Å². The Kier molecular flexibility index (Phi) is 4.48. The summed E-state index contributed by atoms with van der Waals surface area (Å²) in [6.07, 6.45) is 6.13. The number of aryl methyl sites for hydroxylation is 1. The number of aldehydes is 1. The van der Waals surface area contributed by atoms with Gasteiger partial charge in [-0.15, -0.1) is 0 Å². The molecule has 0 saturated heterocycles. The molecule has 0 spiro atoms. The Hall–Kier alpha value is -1.49. The van der Waals surface area contributed by atoms with E-state index in [4.69, 9.17) is 4.42 Å². The molecule has 1 rings (SSSR count). The van der Waals surface area contributed by atoms with Crippen LogP contribution in [-0.2, 0) is 11.2 Å². The van der Waals surface area contributed by atoms with Crippen LogP contribution in [0.2, 0.25) is 0 Å². The number of unbranched alkanes of at least 4 members (excludes halogenated alkanes) is 2. The van der Waals surface area contributed by atoms with Crippen molar-refractivity contribution in [1.82, 2.24) is 0 Å². The zero-order valence-electron chi connectivity index (χ0n) is 7.45. The number of carbonyl (C=O) groups is 1. The molecule has 0 aromatic carbocycles. The van der Waals surface area contributed by atoms with Crippen molar-refractivity contribution in [3.05, 3.63) is 24.2 Å². The Balaban J connectivity index is 2.05. The lowest BCUT2D eigenvalue weighted by atomic mass is 10.1. The number of furan rings is 1. The number of rotatable bonds is 4. The topological polar surface area (TPSA) is 30.2 Å². The van der Waals surface area contributed by atoms with Gasteiger partial charge < -0.3 is 4.42 Å². The predicted octanol–water partition coefficient (Wildman–Crippen LogP) is 2.19. The standard InChI is InChI=1S/C11H12O2/c12-9-5-3-1-2-4-7-11-8-6-10-13-11/h6,8-10H,1-2,4,7H2. The molecule has 0 N–H and O–H groups in total. The molecule has 1 aromatic heterocycles. The van der Waals surface area contributed by atoms with Crippen LogP contribution in [0.4, 0.5) is 0 Å². The molecule has 0 aliphatic carbocycles. The van der Waals surface area contributed by atoms with E-state index in [2.05, 4.69) is 11.8 Å². The van der Waals surface area contributed by atoms with Gasteiger partial charge in [0.15, 0.2) is 6.29 Å². The monoisotopic (exact) mass is 176 g/mol. The molecular weight excluding hydrogens is 164 g/mol. The van der Waals surface area contributed by atoms with Crippen LogP contribution >= 0.6 is 0 Å². The smallest absolute Gasteiger partial charge is 0.192 e. The summed E-state index contributed by atoms with van der Waals surface area (Å²) in [6, 6.07) is 3.86. The second-order valence-corrected chi connectivity index (χ2v) is 2.73. The summed E-state index contributed by atoms with van der Waals surface area (Å²) in [5, 5.41) is 0. The molecule has 0 aliphatic heterocycles. The highest BCUT2D eigenvalue weighted by Gasteiger charge is 1.93. The second kappa shape index (κ2) is 6.07. The van der Waals surface area contributed by atoms with Crippen molar-refractivity contribution in [1.29, 1.82) is 0 Å². The fourth-order valence-corrected chi connectivity index (χ4v) is 1.08. The maximum Gasteiger partial charge on any atom is 0.192 e. The van der Waals surface area contributed by atoms with Gasteiger partial charge in [-0.05, 0) is 30.9 Å². The first kappa shape index (κ1) is 9.60. The van der Waals surface area contributed by atoms with Crippen LogP contribution in [0.3, 0.4) is 0 Å². The molecule has 0 radical (unpaired) electrons. The third kappa shape index (κ3) is 4.17. The lowest BCUT2D eigenvalue weighted by molar-refractivity contribution is -0.103. The molecule has 0 aliphatic rings. The van der Waals surface area contributed by atoms with E-state index < -0.39 is 0 Å². The first-order valence-corrected chi connectivity index (χ1v) is 4.38. The number of carbonyl (C=O) groups excluding carboxylic acids is 1. The van der Waals surface area contributed by atoms with Gasteiger partial charge in [-0.2, -0.15) is 0 Å². The zero-order chi connectivity index (χ0) is 9.36. The van der Waals surface area contributed by atoms with Gasteiger partial charge in [-0.3, -0.25) is 4.79 Å². The zero-order valence-corrected chi connectivity index (χ0v) is 7.45. The van der Waals surface area contributed by atoms with Crippen LogP contribution < -0.4 is 0 Å². The van der Waals surface area contributed by atoms with Gasteiger partial charge in [0, 0.05) is 12.8 Å². The third-order valence-electron chi connectivity index (χ3n) is 1.72. The van der Waals surface area contributed by atoms with Gasteiger partial charge >= 0.3 is 0 Å². The number of hydrogen-bond acceptors (Lipinski definition) is 2. The Morgan fingerprint density at radius 2 is 2.38 bits per heavy atom. The van der Waals surface area contributed by atoms with Crippen LogP contribution in [-0.4, -0.2) is 6.29 Å². The van der Waals surface area contributed by atoms with Gasteiger partial charge in [0.1, 0.15) is 5.76 Å². The van der Waals surface area contributed by atoms with Gasteiger partial charge in [0.25, 0.3) is 0 Å². The summed E-state index contributed by atoms with van der Waals surface area (Å²) in [5.74, 6) is 6.17. The van der Waals surface area contributed by atoms with E-state index in [-0.39, 0.29) is 0 Å². The van der Waals surface area contributed by atoms with Crippen molar-refractivity contribution in [3.8, 4) is 11.8 Å². The fraction of sp³-hybridized carbons (Fsp3) is 0.364. The maximum atomic E-state index is 9.84. The maximum absolute atomic E-state index is 9.84. The normalized spacial score (nSPS) is 8.92. The molecule has 13 heavy (non-hydrogen) atoms. The van der Waals surface area contributed by atoms with E-state index in [9.17, 15) is 4.79 Å². The van der Waals surface area contributed by atoms with Crippen molar-refractivity contribution >= 4 is 6.29 Å². The molecule has 0 amide bonds. The quantitative estimate of drug-likeness (QED) is 0.400. The predicted molar refractivity (Wildman–Crippen MR) is 50.1 cm³/mol. The highest BCUT2D eigenvalue weighted by Crippen LogP contribution is 2.06. The minimum absolute atomic E-state index is 0.631. The lowest BCUT2D eigenvalue weighted by Gasteiger charge is -1.93. The minimum Gasteiger partial charge on any atom is -0.469 e. The van der Waals surface area contributed by atoms with Crippen LogP contribution in [0.1, 0.15) is 25.0 Å². The average molecular weight is 176 g/mol. The van der Waals surface area contributed by atoms with E-state index in [0.29, 0.717) is 6.29 Å². The molecule has 2 heteroatoms. The van der Waals surface area contributed by atoms with Crippen LogP contribution in [0.5, 0.6) is 0 Å². The minimum atomic E-state index is 0.631. The molecule has 0 unspecified atom stereocenters. The van der Waals surface area contributed by atoms with Crippen LogP contribution in [0, 0.1) is 11.8 Å². The summed E-state index contributed by atoms with van der Waals surface area (Å²) in [6.45, 7) is 0. The van der Waals surface area contributed by atoms with Crippen LogP contribution in [0.25, 0.3) is 0 Å². The van der Waals surface area contributed by atoms with Gasteiger partial charge in [0.2, 0.25) is 0 Å². The summed E-state index contributed by atoms with van der Waals surface area (Å²) in [4.78, 5) is 9.84. The molecule has 0 atom stereocenters. The largest absolute Gasteiger partial charge is 0.469 e. The molecule has 0 bridgehead atoms. The van der Waals surface area contributed by atoms with Crippen molar-refractivity contribution in [2.24, 2.45) is 0 Å². The second-order valence-electron chi connectivity index (χ2n) is 2.73. The average Bonchev–Trinajstić information content (AvgIpc) is 2.63. The number of hydrogen-bond donors (Lipinski definition) is 0. The van der Waals surface area contributed by atoms with Gasteiger partial charge in [-0.1, -0.05) is 5.92 Å². The molecule has 68 valence electrons. The van der Waals surface area contributed by atoms with E-state index in [1.165, 1.54) is 0 Å². The fourth-order valence-electron chi connectivity index (χ4n) is 1.08. The Morgan fingerprint density at radius 1 is 1.46 bits per heavy atom. The Morgan fingerprint density at radius 3 is 3.08 bits per heavy atom. The summed E-state index contributed by atoms with van der Waals surface area (Å²) >= 11 is 0. The molecule has 1 heterocycles. The van der Waals surface area contributed by atoms with Crippen molar-refractivity contribution in [3.63, 3.8) is 0 Å². The Labute approximate surface area is 77.9 Å². The first-order chi connectivity index (χ1) is 6.43. The highest BCUT2D eigenvalue weighted by molar-refractivity contribution is 5.72. The molecule has 2 nitrogen and oxygen atoms in total. The van der Waals surface area contributed by atoms with Crippen molar-refractivity contribution in [2.45, 2.75) is 25.7 Å². The van der Waals surface area contributed by atoms with E-state index in [1.807, 2.05) is 12.1 Å². The van der Waals surface area contributed by atoms with Gasteiger partial charge in [0.05, 0.1) is 6.26 Å². The summed E-state index contributed by atoms with van der Waals surface area (Å²) in [7, 11) is 0. The highest BCUT2D eigenvalue weighted by atomic mass is 16.3. The van der Waals surface area contributed by atoms with Crippen LogP contribution in [0.15, 0.2) is 22.8 Å². The SMILES string of the molecule is O=CC#CCCCCc1ccco1.